The Kier molecular flexibility index (Phi) is 5.38. The number of aromatic hydroxyl groups is 1. The molecule has 0 unspecified atom stereocenters. The van der Waals surface area contributed by atoms with E-state index in [1.165, 1.54) is 26.2 Å². The van der Waals surface area contributed by atoms with Crippen LogP contribution in [0.3, 0.4) is 0 Å². The van der Waals surface area contributed by atoms with Gasteiger partial charge in [0, 0.05) is 10.0 Å². The average Bonchev–Trinajstić information content (AvgIpc) is 2.77. The quantitative estimate of drug-likeness (QED) is 0.596. The van der Waals surface area contributed by atoms with Crippen LogP contribution in [-0.2, 0) is 14.3 Å². The maximum absolute atomic E-state index is 12.3. The Morgan fingerprint density at radius 2 is 2.13 bits per heavy atom. The molecule has 2 rings (SSSR count). The summed E-state index contributed by atoms with van der Waals surface area (Å²) in [5.41, 5.74) is 0.278. The van der Waals surface area contributed by atoms with Gasteiger partial charge < -0.3 is 9.84 Å². The van der Waals surface area contributed by atoms with E-state index in [1.807, 2.05) is 0 Å². The Labute approximate surface area is 149 Å². The highest BCUT2D eigenvalue weighted by atomic mass is 79.9. The number of benzene rings is 1. The van der Waals surface area contributed by atoms with Crippen molar-refractivity contribution in [2.45, 2.75) is 13.0 Å². The van der Waals surface area contributed by atoms with Crippen molar-refractivity contribution in [3.05, 3.63) is 32.1 Å². The van der Waals surface area contributed by atoms with E-state index in [4.69, 9.17) is 11.6 Å². The van der Waals surface area contributed by atoms with Crippen LogP contribution in [0.4, 0.5) is 4.79 Å². The molecule has 1 heterocycles. The summed E-state index contributed by atoms with van der Waals surface area (Å²) in [6.07, 6.45) is 1.35. The number of methoxy groups -OCH3 is 1. The smallest absolute Gasteiger partial charge is 0.328 e. The molecule has 0 bridgehead atoms. The second-order valence-corrected chi connectivity index (χ2v) is 6.89. The molecule has 122 valence electrons. The first-order valence-electron chi connectivity index (χ1n) is 6.29. The van der Waals surface area contributed by atoms with Crippen LogP contribution in [0.15, 0.2) is 21.5 Å². The number of halogens is 2. The minimum absolute atomic E-state index is 0.0789. The lowest BCUT2D eigenvalue weighted by Crippen LogP contribution is -2.42. The summed E-state index contributed by atoms with van der Waals surface area (Å²) in [6, 6.07) is 2.02. The van der Waals surface area contributed by atoms with Crippen LogP contribution < -0.4 is 0 Å². The van der Waals surface area contributed by atoms with Crippen LogP contribution in [0.25, 0.3) is 6.08 Å². The largest absolute Gasteiger partial charge is 0.506 e. The number of hydrogen-bond acceptors (Lipinski definition) is 6. The van der Waals surface area contributed by atoms with E-state index in [9.17, 15) is 19.5 Å². The predicted octanol–water partition coefficient (Wildman–Crippen LogP) is 3.41. The minimum Gasteiger partial charge on any atom is -0.506 e. The number of nitrogens with zero attached hydrogens (tertiary/aromatic N) is 1. The summed E-state index contributed by atoms with van der Waals surface area (Å²) < 4.78 is 5.15. The Bertz CT molecular complexity index is 736. The third-order valence-corrected chi connectivity index (χ3v) is 4.73. The van der Waals surface area contributed by atoms with Crippen LogP contribution in [0, 0.1) is 0 Å². The molecular formula is C14H11BrClNO5S. The second-order valence-electron chi connectivity index (χ2n) is 4.58. The lowest BCUT2D eigenvalue weighted by atomic mass is 10.2. The SMILES string of the molecule is COC(=O)[C@H](C)N1C(=O)S/C(=C\c2cc(Br)cc(Cl)c2O)C1=O. The molecule has 1 saturated heterocycles. The lowest BCUT2D eigenvalue weighted by Gasteiger charge is -2.18. The number of hydrogen-bond donors (Lipinski definition) is 1. The zero-order chi connectivity index (χ0) is 17.3. The molecule has 0 aliphatic carbocycles. The molecular weight excluding hydrogens is 410 g/mol. The maximum atomic E-state index is 12.3. The van der Waals surface area contributed by atoms with Gasteiger partial charge in [0.05, 0.1) is 17.0 Å². The standard InChI is InChI=1S/C14H11BrClNO5S/c1-6(13(20)22-2)17-12(19)10(23-14(17)21)4-7-3-8(15)5-9(16)11(7)18/h3-6,18H,1-2H3/b10-4-/t6-/m0/s1. The number of carbonyl (C=O) groups is 3. The van der Waals surface area contributed by atoms with Crippen LogP contribution in [0.1, 0.15) is 12.5 Å². The monoisotopic (exact) mass is 419 g/mol. The molecule has 1 fully saturated rings. The first-order valence-corrected chi connectivity index (χ1v) is 8.28. The van der Waals surface area contributed by atoms with Gasteiger partial charge in [-0.2, -0.15) is 0 Å². The van der Waals surface area contributed by atoms with Crippen molar-refractivity contribution in [2.75, 3.05) is 7.11 Å². The van der Waals surface area contributed by atoms with Gasteiger partial charge >= 0.3 is 5.97 Å². The number of ether oxygens (including phenoxy) is 1. The van der Waals surface area contributed by atoms with Gasteiger partial charge in [0.2, 0.25) is 0 Å². The summed E-state index contributed by atoms with van der Waals surface area (Å²) in [7, 11) is 1.18. The Hall–Kier alpha value is -1.51. The summed E-state index contributed by atoms with van der Waals surface area (Å²) in [5.74, 6) is -1.53. The summed E-state index contributed by atoms with van der Waals surface area (Å²) in [5, 5.41) is 9.47. The van der Waals surface area contributed by atoms with Crippen molar-refractivity contribution in [1.29, 1.82) is 0 Å². The van der Waals surface area contributed by atoms with Crippen molar-refractivity contribution in [2.24, 2.45) is 0 Å². The number of carbonyl (C=O) groups excluding carboxylic acids is 3. The predicted molar refractivity (Wildman–Crippen MR) is 90.1 cm³/mol. The molecule has 1 aliphatic rings. The van der Waals surface area contributed by atoms with E-state index >= 15 is 0 Å². The number of imide groups is 1. The minimum atomic E-state index is -1.03. The zero-order valence-corrected chi connectivity index (χ0v) is 15.2. The summed E-state index contributed by atoms with van der Waals surface area (Å²) >= 11 is 9.78. The molecule has 1 aliphatic heterocycles. The maximum Gasteiger partial charge on any atom is 0.328 e. The fraction of sp³-hybridized carbons (Fsp3) is 0.214. The van der Waals surface area contributed by atoms with E-state index in [0.717, 1.165) is 4.90 Å². The zero-order valence-electron chi connectivity index (χ0n) is 12.0. The van der Waals surface area contributed by atoms with E-state index < -0.39 is 23.2 Å². The molecule has 1 aromatic carbocycles. The number of thioether (sulfide) groups is 1. The van der Waals surface area contributed by atoms with Gasteiger partial charge in [0.15, 0.2) is 0 Å². The van der Waals surface area contributed by atoms with Crippen LogP contribution in [-0.4, -0.2) is 40.3 Å². The highest BCUT2D eigenvalue weighted by molar-refractivity contribution is 9.10. The molecule has 9 heteroatoms. The number of amides is 2. The van der Waals surface area contributed by atoms with Crippen LogP contribution in [0.5, 0.6) is 5.75 Å². The van der Waals surface area contributed by atoms with E-state index in [-0.39, 0.29) is 21.2 Å². The highest BCUT2D eigenvalue weighted by Gasteiger charge is 2.41. The Morgan fingerprint density at radius 1 is 1.48 bits per heavy atom. The first-order chi connectivity index (χ1) is 10.8. The molecule has 0 saturated carbocycles. The van der Waals surface area contributed by atoms with Crippen molar-refractivity contribution in [3.8, 4) is 5.75 Å². The Balaban J connectivity index is 2.38. The number of phenols is 1. The Morgan fingerprint density at radius 3 is 2.74 bits per heavy atom. The van der Waals surface area contributed by atoms with Gasteiger partial charge in [-0.05, 0) is 36.9 Å². The fourth-order valence-corrected chi connectivity index (χ4v) is 3.66. The molecule has 0 aromatic heterocycles. The van der Waals surface area contributed by atoms with Gasteiger partial charge in [0.1, 0.15) is 11.8 Å². The van der Waals surface area contributed by atoms with Gasteiger partial charge in [-0.15, -0.1) is 0 Å². The van der Waals surface area contributed by atoms with Crippen molar-refractivity contribution >= 4 is 62.5 Å². The van der Waals surface area contributed by atoms with Crippen LogP contribution in [0.2, 0.25) is 5.02 Å². The van der Waals surface area contributed by atoms with Crippen LogP contribution >= 0.6 is 39.3 Å². The highest BCUT2D eigenvalue weighted by Crippen LogP contribution is 2.38. The van der Waals surface area contributed by atoms with Gasteiger partial charge in [-0.3, -0.25) is 14.5 Å². The van der Waals surface area contributed by atoms with Gasteiger partial charge in [-0.25, -0.2) is 4.79 Å². The van der Waals surface area contributed by atoms with E-state index in [1.54, 1.807) is 6.07 Å². The average molecular weight is 421 g/mol. The van der Waals surface area contributed by atoms with Crippen molar-refractivity contribution < 1.29 is 24.2 Å². The summed E-state index contributed by atoms with van der Waals surface area (Å²) in [4.78, 5) is 36.8. The second kappa shape index (κ2) is 6.94. The molecule has 0 spiro atoms. The number of rotatable bonds is 3. The van der Waals surface area contributed by atoms with Crippen molar-refractivity contribution in [3.63, 3.8) is 0 Å². The third-order valence-electron chi connectivity index (χ3n) is 3.10. The topological polar surface area (TPSA) is 83.9 Å². The number of phenolic OH excluding ortho intramolecular Hbond substituents is 1. The van der Waals surface area contributed by atoms with E-state index in [0.29, 0.717) is 16.2 Å². The molecule has 1 aromatic rings. The molecule has 23 heavy (non-hydrogen) atoms. The van der Waals surface area contributed by atoms with Gasteiger partial charge in [-0.1, -0.05) is 27.5 Å². The van der Waals surface area contributed by atoms with Crippen molar-refractivity contribution in [1.82, 2.24) is 4.90 Å². The molecule has 1 atom stereocenters. The normalized spacial score (nSPS) is 17.7. The molecule has 6 nitrogen and oxygen atoms in total. The summed E-state index contributed by atoms with van der Waals surface area (Å²) in [6.45, 7) is 1.40. The van der Waals surface area contributed by atoms with Gasteiger partial charge in [0.25, 0.3) is 11.1 Å². The first kappa shape index (κ1) is 17.8. The fourth-order valence-electron chi connectivity index (χ4n) is 1.93. The lowest BCUT2D eigenvalue weighted by molar-refractivity contribution is -0.148. The third kappa shape index (κ3) is 3.54. The van der Waals surface area contributed by atoms with E-state index in [2.05, 4.69) is 20.7 Å². The molecule has 0 radical (unpaired) electrons. The molecule has 2 amide bonds. The number of esters is 1. The molecule has 1 N–H and O–H groups in total.